The molecule has 0 spiro atoms. The number of anilines is 1. The third-order valence-corrected chi connectivity index (χ3v) is 3.38. The monoisotopic (exact) mass is 352 g/mol. The van der Waals surface area contributed by atoms with Crippen LogP contribution in [-0.2, 0) is 6.42 Å². The Morgan fingerprint density at radius 3 is 2.81 bits per heavy atom. The summed E-state index contributed by atoms with van der Waals surface area (Å²) in [5, 5.41) is 23.1. The number of rotatable bonds is 6. The highest BCUT2D eigenvalue weighted by atomic mass is 79.9. The molecule has 1 atom stereocenters. The van der Waals surface area contributed by atoms with Gasteiger partial charge in [-0.25, -0.2) is 4.98 Å². The van der Waals surface area contributed by atoms with Gasteiger partial charge in [-0.15, -0.1) is 0 Å². The summed E-state index contributed by atoms with van der Waals surface area (Å²) in [6.45, 7) is -0.109. The van der Waals surface area contributed by atoms with Gasteiger partial charge in [0.1, 0.15) is 12.0 Å². The standard InChI is InChI=1S/C13H13BrN4O3/c14-12-6-11(18(20)21)7-16-13(12)17-10(8-19)5-9-3-1-2-4-15-9/h1-4,6-7,10,19H,5,8H2,(H,16,17). The van der Waals surface area contributed by atoms with E-state index in [1.54, 1.807) is 6.20 Å². The maximum atomic E-state index is 10.7. The number of aliphatic hydroxyl groups excluding tert-OH is 1. The molecule has 21 heavy (non-hydrogen) atoms. The average Bonchev–Trinajstić information content (AvgIpc) is 2.49. The van der Waals surface area contributed by atoms with Crippen molar-refractivity contribution in [3.8, 4) is 0 Å². The van der Waals surface area contributed by atoms with Crippen LogP contribution in [0.1, 0.15) is 5.69 Å². The molecule has 0 bridgehead atoms. The molecule has 2 aromatic rings. The lowest BCUT2D eigenvalue weighted by Gasteiger charge is -2.17. The van der Waals surface area contributed by atoms with Crippen LogP contribution in [0.25, 0.3) is 0 Å². The van der Waals surface area contributed by atoms with E-state index in [2.05, 4.69) is 31.2 Å². The van der Waals surface area contributed by atoms with E-state index in [0.717, 1.165) is 5.69 Å². The normalized spacial score (nSPS) is 11.9. The van der Waals surface area contributed by atoms with Gasteiger partial charge in [0.05, 0.1) is 22.0 Å². The molecule has 2 aromatic heterocycles. The Morgan fingerprint density at radius 2 is 2.24 bits per heavy atom. The van der Waals surface area contributed by atoms with Crippen molar-refractivity contribution in [2.45, 2.75) is 12.5 Å². The van der Waals surface area contributed by atoms with Crippen LogP contribution in [0.2, 0.25) is 0 Å². The quantitative estimate of drug-likeness (QED) is 0.610. The van der Waals surface area contributed by atoms with Gasteiger partial charge in [-0.2, -0.15) is 0 Å². The minimum atomic E-state index is -0.515. The molecule has 0 aliphatic heterocycles. The molecule has 110 valence electrons. The highest BCUT2D eigenvalue weighted by Gasteiger charge is 2.15. The second-order valence-corrected chi connectivity index (χ2v) is 5.18. The van der Waals surface area contributed by atoms with E-state index in [4.69, 9.17) is 0 Å². The minimum absolute atomic E-state index is 0.0994. The Morgan fingerprint density at radius 1 is 1.43 bits per heavy atom. The zero-order valence-electron chi connectivity index (χ0n) is 10.9. The fraction of sp³-hybridized carbons (Fsp3) is 0.231. The highest BCUT2D eigenvalue weighted by Crippen LogP contribution is 2.25. The van der Waals surface area contributed by atoms with Gasteiger partial charge in [0, 0.05) is 24.4 Å². The first kappa shape index (κ1) is 15.3. The zero-order valence-corrected chi connectivity index (χ0v) is 12.5. The van der Waals surface area contributed by atoms with Crippen LogP contribution < -0.4 is 5.32 Å². The molecule has 2 N–H and O–H groups in total. The molecule has 0 aromatic carbocycles. The molecular weight excluding hydrogens is 340 g/mol. The van der Waals surface area contributed by atoms with Crippen LogP contribution in [0.4, 0.5) is 11.5 Å². The number of hydrogen-bond donors (Lipinski definition) is 2. The Bertz CT molecular complexity index is 624. The van der Waals surface area contributed by atoms with Gasteiger partial charge in [-0.1, -0.05) is 6.07 Å². The first-order chi connectivity index (χ1) is 10.1. The number of nitrogens with zero attached hydrogens (tertiary/aromatic N) is 3. The highest BCUT2D eigenvalue weighted by molar-refractivity contribution is 9.10. The summed E-state index contributed by atoms with van der Waals surface area (Å²) in [6, 6.07) is 6.63. The van der Waals surface area contributed by atoms with E-state index in [0.29, 0.717) is 16.7 Å². The summed E-state index contributed by atoms with van der Waals surface area (Å²) in [5.41, 5.74) is 0.736. The molecule has 0 saturated carbocycles. The fourth-order valence-electron chi connectivity index (χ4n) is 1.76. The lowest BCUT2D eigenvalue weighted by Crippen LogP contribution is -2.27. The van der Waals surface area contributed by atoms with Gasteiger partial charge in [0.2, 0.25) is 0 Å². The second kappa shape index (κ2) is 7.09. The van der Waals surface area contributed by atoms with E-state index in [9.17, 15) is 15.2 Å². The van der Waals surface area contributed by atoms with Gasteiger partial charge in [-0.05, 0) is 28.1 Å². The lowest BCUT2D eigenvalue weighted by atomic mass is 10.1. The lowest BCUT2D eigenvalue weighted by molar-refractivity contribution is -0.385. The first-order valence-corrected chi connectivity index (χ1v) is 6.96. The summed E-state index contributed by atoms with van der Waals surface area (Å²) in [4.78, 5) is 18.3. The van der Waals surface area contributed by atoms with Crippen LogP contribution in [0.15, 0.2) is 41.1 Å². The Kier molecular flexibility index (Phi) is 5.18. The number of aromatic nitrogens is 2. The van der Waals surface area contributed by atoms with Crippen molar-refractivity contribution < 1.29 is 10.0 Å². The summed E-state index contributed by atoms with van der Waals surface area (Å²) in [7, 11) is 0. The number of pyridine rings is 2. The van der Waals surface area contributed by atoms with E-state index in [-0.39, 0.29) is 18.3 Å². The average molecular weight is 353 g/mol. The molecular formula is C13H13BrN4O3. The molecule has 0 fully saturated rings. The van der Waals surface area contributed by atoms with Crippen LogP contribution in [0.3, 0.4) is 0 Å². The van der Waals surface area contributed by atoms with Gasteiger partial charge < -0.3 is 10.4 Å². The van der Waals surface area contributed by atoms with Gasteiger partial charge >= 0.3 is 0 Å². The molecule has 0 saturated heterocycles. The Hall–Kier alpha value is -2.06. The molecule has 2 heterocycles. The molecule has 7 nitrogen and oxygen atoms in total. The first-order valence-electron chi connectivity index (χ1n) is 6.17. The summed E-state index contributed by atoms with van der Waals surface area (Å²) in [6.07, 6.45) is 3.37. The van der Waals surface area contributed by atoms with Crippen LogP contribution in [0, 0.1) is 10.1 Å². The number of nitrogens with one attached hydrogen (secondary N) is 1. The van der Waals surface area contributed by atoms with Crippen molar-refractivity contribution in [1.29, 1.82) is 0 Å². The largest absolute Gasteiger partial charge is 0.394 e. The van der Waals surface area contributed by atoms with E-state index >= 15 is 0 Å². The summed E-state index contributed by atoms with van der Waals surface area (Å²) >= 11 is 3.23. The smallest absolute Gasteiger partial charge is 0.288 e. The number of aliphatic hydroxyl groups is 1. The van der Waals surface area contributed by atoms with E-state index in [1.807, 2.05) is 18.2 Å². The van der Waals surface area contributed by atoms with Crippen molar-refractivity contribution in [2.75, 3.05) is 11.9 Å². The number of hydrogen-bond acceptors (Lipinski definition) is 6. The molecule has 0 amide bonds. The molecule has 1 unspecified atom stereocenters. The summed E-state index contributed by atoms with van der Waals surface area (Å²) in [5.74, 6) is 0.440. The molecule has 0 radical (unpaired) electrons. The molecule has 0 aliphatic rings. The Labute approximate surface area is 129 Å². The predicted molar refractivity (Wildman–Crippen MR) is 81.0 cm³/mol. The van der Waals surface area contributed by atoms with Gasteiger partial charge in [0.25, 0.3) is 5.69 Å². The van der Waals surface area contributed by atoms with E-state index < -0.39 is 4.92 Å². The molecule has 8 heteroatoms. The SMILES string of the molecule is O=[N+]([O-])c1cnc(NC(CO)Cc2ccccn2)c(Br)c1. The van der Waals surface area contributed by atoms with Crippen molar-refractivity contribution in [3.63, 3.8) is 0 Å². The van der Waals surface area contributed by atoms with Crippen LogP contribution >= 0.6 is 15.9 Å². The summed E-state index contributed by atoms with van der Waals surface area (Å²) < 4.78 is 0.469. The topological polar surface area (TPSA) is 101 Å². The van der Waals surface area contributed by atoms with Crippen molar-refractivity contribution in [2.24, 2.45) is 0 Å². The predicted octanol–water partition coefficient (Wildman–Crippen LogP) is 2.16. The van der Waals surface area contributed by atoms with E-state index in [1.165, 1.54) is 12.3 Å². The van der Waals surface area contributed by atoms with Crippen LogP contribution in [-0.4, -0.2) is 32.6 Å². The van der Waals surface area contributed by atoms with Crippen LogP contribution in [0.5, 0.6) is 0 Å². The van der Waals surface area contributed by atoms with Crippen molar-refractivity contribution in [3.05, 3.63) is 56.9 Å². The molecule has 2 rings (SSSR count). The van der Waals surface area contributed by atoms with Gasteiger partial charge in [0.15, 0.2) is 0 Å². The fourth-order valence-corrected chi connectivity index (χ4v) is 2.21. The third-order valence-electron chi connectivity index (χ3n) is 2.78. The van der Waals surface area contributed by atoms with Gasteiger partial charge in [-0.3, -0.25) is 15.1 Å². The Balaban J connectivity index is 2.10. The third kappa shape index (κ3) is 4.20. The maximum Gasteiger partial charge on any atom is 0.288 e. The zero-order chi connectivity index (χ0) is 15.2. The number of nitro groups is 1. The van der Waals surface area contributed by atoms with Crippen molar-refractivity contribution in [1.82, 2.24) is 9.97 Å². The minimum Gasteiger partial charge on any atom is -0.394 e. The maximum absolute atomic E-state index is 10.7. The molecule has 0 aliphatic carbocycles. The van der Waals surface area contributed by atoms with Crippen molar-refractivity contribution >= 4 is 27.4 Å². The second-order valence-electron chi connectivity index (χ2n) is 4.33. The number of halogens is 1.